The number of hydrogen-bond donors (Lipinski definition) is 1. The third-order valence-corrected chi connectivity index (χ3v) is 1.89. The highest BCUT2D eigenvalue weighted by Gasteiger charge is 2.08. The zero-order valence-electron chi connectivity index (χ0n) is 7.81. The Hall–Kier alpha value is -1.02. The van der Waals surface area contributed by atoms with Gasteiger partial charge in [-0.15, -0.1) is 0 Å². The van der Waals surface area contributed by atoms with Gasteiger partial charge in [-0.05, 0) is 26.0 Å². The molecule has 71 valence electrons. The molecule has 2 heteroatoms. The van der Waals surface area contributed by atoms with Crippen molar-refractivity contribution in [1.82, 2.24) is 0 Å². The van der Waals surface area contributed by atoms with Crippen LogP contribution in [0.4, 0.5) is 0 Å². The molecule has 0 saturated carbocycles. The van der Waals surface area contributed by atoms with E-state index in [1.165, 1.54) is 0 Å². The summed E-state index contributed by atoms with van der Waals surface area (Å²) in [4.78, 5) is 0. The lowest BCUT2D eigenvalue weighted by Gasteiger charge is -2.15. The number of benzene rings is 1. The van der Waals surface area contributed by atoms with E-state index in [0.29, 0.717) is 6.61 Å². The molecule has 13 heavy (non-hydrogen) atoms. The molecule has 0 aromatic heterocycles. The molecular weight excluding hydrogens is 164 g/mol. The standard InChI is InChI=1S/C11H15O2/c1-9(10(2)12)8-13-11-6-4-3-5-7-11/h3-7,9-10,12H,1,8H2,2H3. The van der Waals surface area contributed by atoms with Gasteiger partial charge in [-0.2, -0.15) is 0 Å². The Morgan fingerprint density at radius 3 is 2.54 bits per heavy atom. The predicted molar refractivity (Wildman–Crippen MR) is 52.5 cm³/mol. The molecule has 2 unspecified atom stereocenters. The van der Waals surface area contributed by atoms with Crippen LogP contribution in [-0.2, 0) is 0 Å². The summed E-state index contributed by atoms with van der Waals surface area (Å²) >= 11 is 0. The molecule has 1 N–H and O–H groups in total. The molecule has 1 aromatic carbocycles. The van der Waals surface area contributed by atoms with Crippen LogP contribution < -0.4 is 4.74 Å². The summed E-state index contributed by atoms with van der Waals surface area (Å²) in [6.07, 6.45) is -0.427. The van der Waals surface area contributed by atoms with Gasteiger partial charge in [0.05, 0.1) is 12.7 Å². The first kappa shape index (κ1) is 10.1. The van der Waals surface area contributed by atoms with Gasteiger partial charge < -0.3 is 9.84 Å². The van der Waals surface area contributed by atoms with Crippen LogP contribution in [0.15, 0.2) is 30.3 Å². The fourth-order valence-electron chi connectivity index (χ4n) is 0.859. The third kappa shape index (κ3) is 3.47. The summed E-state index contributed by atoms with van der Waals surface area (Å²) in [5.41, 5.74) is 0. The van der Waals surface area contributed by atoms with Gasteiger partial charge in [0.2, 0.25) is 0 Å². The quantitative estimate of drug-likeness (QED) is 0.765. The van der Waals surface area contributed by atoms with Crippen LogP contribution in [0.1, 0.15) is 6.92 Å². The minimum absolute atomic E-state index is 0.0831. The highest BCUT2D eigenvalue weighted by Crippen LogP contribution is 2.11. The first-order valence-electron chi connectivity index (χ1n) is 4.39. The minimum Gasteiger partial charge on any atom is -0.493 e. The second-order valence-electron chi connectivity index (χ2n) is 3.12. The Labute approximate surface area is 79.2 Å². The molecule has 0 saturated heterocycles. The van der Waals surface area contributed by atoms with Crippen molar-refractivity contribution in [3.8, 4) is 5.75 Å². The number of aliphatic hydroxyl groups is 1. The Morgan fingerprint density at radius 1 is 1.38 bits per heavy atom. The maximum atomic E-state index is 9.16. The Balaban J connectivity index is 2.35. The number of hydrogen-bond acceptors (Lipinski definition) is 2. The van der Waals surface area contributed by atoms with Crippen molar-refractivity contribution in [2.75, 3.05) is 6.61 Å². The fourth-order valence-corrected chi connectivity index (χ4v) is 0.859. The van der Waals surface area contributed by atoms with E-state index < -0.39 is 6.10 Å². The maximum Gasteiger partial charge on any atom is 0.119 e. The molecule has 1 radical (unpaired) electrons. The molecule has 0 spiro atoms. The predicted octanol–water partition coefficient (Wildman–Crippen LogP) is 1.90. The van der Waals surface area contributed by atoms with Crippen molar-refractivity contribution in [1.29, 1.82) is 0 Å². The molecule has 0 heterocycles. The van der Waals surface area contributed by atoms with Gasteiger partial charge in [0, 0.05) is 5.92 Å². The van der Waals surface area contributed by atoms with Crippen molar-refractivity contribution in [3.63, 3.8) is 0 Å². The normalized spacial score (nSPS) is 15.0. The van der Waals surface area contributed by atoms with Crippen LogP contribution in [0.3, 0.4) is 0 Å². The molecule has 1 aromatic rings. The molecule has 0 fully saturated rings. The molecule has 0 bridgehead atoms. The summed E-state index contributed by atoms with van der Waals surface area (Å²) in [6, 6.07) is 9.53. The first-order valence-corrected chi connectivity index (χ1v) is 4.39. The highest BCUT2D eigenvalue weighted by molar-refractivity contribution is 5.20. The van der Waals surface area contributed by atoms with Crippen LogP contribution >= 0.6 is 0 Å². The maximum absolute atomic E-state index is 9.16. The summed E-state index contributed by atoms with van der Waals surface area (Å²) in [6.45, 7) is 5.94. The van der Waals surface area contributed by atoms with E-state index in [2.05, 4.69) is 6.92 Å². The van der Waals surface area contributed by atoms with E-state index >= 15 is 0 Å². The van der Waals surface area contributed by atoms with Crippen molar-refractivity contribution < 1.29 is 9.84 Å². The summed E-state index contributed by atoms with van der Waals surface area (Å²) < 4.78 is 5.41. The van der Waals surface area contributed by atoms with Crippen molar-refractivity contribution in [2.24, 2.45) is 5.92 Å². The zero-order valence-corrected chi connectivity index (χ0v) is 7.81. The average molecular weight is 179 g/mol. The van der Waals surface area contributed by atoms with Crippen LogP contribution in [0.2, 0.25) is 0 Å². The summed E-state index contributed by atoms with van der Waals surface area (Å²) in [7, 11) is 0. The van der Waals surface area contributed by atoms with E-state index in [1.54, 1.807) is 6.92 Å². The third-order valence-electron chi connectivity index (χ3n) is 1.89. The van der Waals surface area contributed by atoms with Crippen LogP contribution in [0.25, 0.3) is 0 Å². The van der Waals surface area contributed by atoms with Gasteiger partial charge in [-0.1, -0.05) is 18.2 Å². The minimum atomic E-state index is -0.427. The summed E-state index contributed by atoms with van der Waals surface area (Å²) in [5, 5.41) is 9.16. The number of ether oxygens (including phenoxy) is 1. The lowest BCUT2D eigenvalue weighted by molar-refractivity contribution is 0.113. The fraction of sp³-hybridized carbons (Fsp3) is 0.364. The second-order valence-corrected chi connectivity index (χ2v) is 3.12. The van der Waals surface area contributed by atoms with Crippen molar-refractivity contribution >= 4 is 0 Å². The number of para-hydroxylation sites is 1. The van der Waals surface area contributed by atoms with Gasteiger partial charge in [0.1, 0.15) is 5.75 Å². The van der Waals surface area contributed by atoms with Gasteiger partial charge >= 0.3 is 0 Å². The molecule has 0 aliphatic heterocycles. The lowest BCUT2D eigenvalue weighted by atomic mass is 10.1. The van der Waals surface area contributed by atoms with E-state index in [-0.39, 0.29) is 5.92 Å². The van der Waals surface area contributed by atoms with Crippen molar-refractivity contribution in [2.45, 2.75) is 13.0 Å². The van der Waals surface area contributed by atoms with E-state index in [9.17, 15) is 0 Å². The van der Waals surface area contributed by atoms with Gasteiger partial charge in [0.25, 0.3) is 0 Å². The Morgan fingerprint density at radius 2 is 2.00 bits per heavy atom. The van der Waals surface area contributed by atoms with Gasteiger partial charge in [-0.25, -0.2) is 0 Å². The van der Waals surface area contributed by atoms with Crippen LogP contribution in [0.5, 0.6) is 5.75 Å². The first-order chi connectivity index (χ1) is 6.20. The molecule has 0 aliphatic carbocycles. The second kappa shape index (κ2) is 4.87. The van der Waals surface area contributed by atoms with Crippen molar-refractivity contribution in [3.05, 3.63) is 37.3 Å². The monoisotopic (exact) mass is 179 g/mol. The Kier molecular flexibility index (Phi) is 3.77. The van der Waals surface area contributed by atoms with Crippen LogP contribution in [0, 0.1) is 12.8 Å². The number of aliphatic hydroxyl groups excluding tert-OH is 1. The smallest absolute Gasteiger partial charge is 0.119 e. The topological polar surface area (TPSA) is 29.5 Å². The SMILES string of the molecule is [CH2]C(COc1ccccc1)C(C)O. The molecule has 1 rings (SSSR count). The molecular formula is C11H15O2. The lowest BCUT2D eigenvalue weighted by Crippen LogP contribution is -2.20. The van der Waals surface area contributed by atoms with E-state index in [0.717, 1.165) is 5.75 Å². The van der Waals surface area contributed by atoms with E-state index in [4.69, 9.17) is 9.84 Å². The number of rotatable bonds is 4. The largest absolute Gasteiger partial charge is 0.493 e. The highest BCUT2D eigenvalue weighted by atomic mass is 16.5. The molecule has 2 nitrogen and oxygen atoms in total. The zero-order chi connectivity index (χ0) is 9.68. The molecule has 0 aliphatic rings. The molecule has 2 atom stereocenters. The van der Waals surface area contributed by atoms with Gasteiger partial charge in [0.15, 0.2) is 0 Å². The van der Waals surface area contributed by atoms with Crippen LogP contribution in [-0.4, -0.2) is 17.8 Å². The van der Waals surface area contributed by atoms with Gasteiger partial charge in [-0.3, -0.25) is 0 Å². The van der Waals surface area contributed by atoms with E-state index in [1.807, 2.05) is 30.3 Å². The average Bonchev–Trinajstić information content (AvgIpc) is 2.15. The Bertz CT molecular complexity index is 231. The molecule has 0 amide bonds. The summed E-state index contributed by atoms with van der Waals surface area (Å²) in [5.74, 6) is 0.733.